The second-order valence-electron chi connectivity index (χ2n) is 6.55. The maximum absolute atomic E-state index is 12.6. The Morgan fingerprint density at radius 3 is 2.67 bits per heavy atom. The first kappa shape index (κ1) is 15.1. The van der Waals surface area contributed by atoms with E-state index < -0.39 is 10.0 Å². The van der Waals surface area contributed by atoms with E-state index in [0.717, 1.165) is 6.42 Å². The summed E-state index contributed by atoms with van der Waals surface area (Å²) in [6.07, 6.45) is 3.53. The van der Waals surface area contributed by atoms with E-state index in [4.69, 9.17) is 4.42 Å². The fourth-order valence-corrected chi connectivity index (χ4v) is 4.06. The number of rotatable bonds is 7. The first-order valence-electron chi connectivity index (χ1n) is 7.67. The van der Waals surface area contributed by atoms with Crippen LogP contribution in [0.5, 0.6) is 0 Å². The van der Waals surface area contributed by atoms with Crippen molar-refractivity contribution in [2.45, 2.75) is 50.6 Å². The average Bonchev–Trinajstić information content (AvgIpc) is 3.31. The van der Waals surface area contributed by atoms with Gasteiger partial charge in [0.1, 0.15) is 16.4 Å². The van der Waals surface area contributed by atoms with Crippen molar-refractivity contribution < 1.29 is 12.8 Å². The van der Waals surface area contributed by atoms with E-state index in [-0.39, 0.29) is 0 Å². The van der Waals surface area contributed by atoms with Crippen LogP contribution >= 0.6 is 0 Å². The van der Waals surface area contributed by atoms with Crippen LogP contribution < -0.4 is 5.32 Å². The minimum absolute atomic E-state index is 0.311. The smallest absolute Gasteiger partial charge is 0.246 e. The summed E-state index contributed by atoms with van der Waals surface area (Å²) in [7, 11) is -1.78. The number of nitrogens with zero attached hydrogens (tertiary/aromatic N) is 1. The molecule has 2 atom stereocenters. The van der Waals surface area contributed by atoms with Crippen LogP contribution in [-0.2, 0) is 16.6 Å². The molecule has 2 saturated carbocycles. The van der Waals surface area contributed by atoms with E-state index in [0.29, 0.717) is 47.4 Å². The maximum atomic E-state index is 12.6. The van der Waals surface area contributed by atoms with E-state index in [9.17, 15) is 8.42 Å². The highest BCUT2D eigenvalue weighted by molar-refractivity contribution is 7.89. The summed E-state index contributed by atoms with van der Waals surface area (Å²) in [5.41, 5.74) is 0. The Hall–Kier alpha value is -0.850. The van der Waals surface area contributed by atoms with Crippen LogP contribution in [0.3, 0.4) is 0 Å². The highest BCUT2D eigenvalue weighted by atomic mass is 32.2. The van der Waals surface area contributed by atoms with E-state index in [1.807, 2.05) is 0 Å². The van der Waals surface area contributed by atoms with Crippen molar-refractivity contribution in [1.29, 1.82) is 0 Å². The van der Waals surface area contributed by atoms with Gasteiger partial charge in [-0.25, -0.2) is 12.7 Å². The number of hydrogen-bond acceptors (Lipinski definition) is 4. The van der Waals surface area contributed by atoms with Crippen LogP contribution in [0.25, 0.3) is 0 Å². The quantitative estimate of drug-likeness (QED) is 0.837. The summed E-state index contributed by atoms with van der Waals surface area (Å²) in [4.78, 5) is 0.311. The van der Waals surface area contributed by atoms with Crippen molar-refractivity contribution in [3.63, 3.8) is 0 Å². The molecule has 2 aliphatic carbocycles. The summed E-state index contributed by atoms with van der Waals surface area (Å²) in [5.74, 6) is 2.34. The van der Waals surface area contributed by atoms with Crippen LogP contribution in [0.2, 0.25) is 0 Å². The van der Waals surface area contributed by atoms with Crippen molar-refractivity contribution in [1.82, 2.24) is 9.62 Å². The molecule has 1 N–H and O–H groups in total. The summed E-state index contributed by atoms with van der Waals surface area (Å²) < 4.78 is 32.3. The molecule has 0 saturated heterocycles. The van der Waals surface area contributed by atoms with Gasteiger partial charge in [-0.2, -0.15) is 0 Å². The predicted molar refractivity (Wildman–Crippen MR) is 80.4 cm³/mol. The number of nitrogens with one attached hydrogen (secondary N) is 1. The molecule has 0 aliphatic heterocycles. The second kappa shape index (κ2) is 5.41. The largest absolute Gasteiger partial charge is 0.464 e. The van der Waals surface area contributed by atoms with Gasteiger partial charge in [0.15, 0.2) is 0 Å². The first-order chi connectivity index (χ1) is 9.88. The van der Waals surface area contributed by atoms with Gasteiger partial charge in [0.25, 0.3) is 0 Å². The zero-order valence-corrected chi connectivity index (χ0v) is 13.7. The standard InChI is InChI=1S/C15H24N2O3S/c1-10-6-12(10)9-17(3)21(18,19)15-7-14(20-11(15)2)8-16-13-4-5-13/h7,10,12-13,16H,4-6,8-9H2,1-3H3. The monoisotopic (exact) mass is 312 g/mol. The minimum atomic E-state index is -3.44. The Balaban J connectivity index is 1.70. The third-order valence-electron chi connectivity index (χ3n) is 4.52. The van der Waals surface area contributed by atoms with Crippen LogP contribution in [0.1, 0.15) is 37.7 Å². The Morgan fingerprint density at radius 1 is 1.43 bits per heavy atom. The lowest BCUT2D eigenvalue weighted by molar-refractivity contribution is 0.437. The highest BCUT2D eigenvalue weighted by Gasteiger charge is 2.37. The first-order valence-corrected chi connectivity index (χ1v) is 9.11. The zero-order valence-electron chi connectivity index (χ0n) is 12.9. The molecule has 2 unspecified atom stereocenters. The van der Waals surface area contributed by atoms with Crippen LogP contribution in [-0.4, -0.2) is 32.4 Å². The molecule has 0 radical (unpaired) electrons. The molecule has 2 fully saturated rings. The minimum Gasteiger partial charge on any atom is -0.464 e. The molecule has 21 heavy (non-hydrogen) atoms. The summed E-state index contributed by atoms with van der Waals surface area (Å²) in [6, 6.07) is 2.25. The van der Waals surface area contributed by atoms with E-state index in [1.54, 1.807) is 20.0 Å². The fraction of sp³-hybridized carbons (Fsp3) is 0.733. The molecular weight excluding hydrogens is 288 g/mol. The zero-order chi connectivity index (χ0) is 15.2. The van der Waals surface area contributed by atoms with Gasteiger partial charge in [-0.15, -0.1) is 0 Å². The van der Waals surface area contributed by atoms with Crippen molar-refractivity contribution in [3.05, 3.63) is 17.6 Å². The molecule has 0 amide bonds. The molecule has 1 aromatic rings. The van der Waals surface area contributed by atoms with Gasteiger partial charge in [-0.3, -0.25) is 0 Å². The Labute approximate surface area is 126 Å². The molecule has 2 aliphatic rings. The average molecular weight is 312 g/mol. The van der Waals surface area contributed by atoms with Gasteiger partial charge < -0.3 is 9.73 Å². The second-order valence-corrected chi connectivity index (χ2v) is 8.56. The van der Waals surface area contributed by atoms with E-state index >= 15 is 0 Å². The lowest BCUT2D eigenvalue weighted by Crippen LogP contribution is -2.29. The van der Waals surface area contributed by atoms with Crippen LogP contribution in [0.15, 0.2) is 15.4 Å². The van der Waals surface area contributed by atoms with E-state index in [2.05, 4.69) is 12.2 Å². The molecule has 0 bridgehead atoms. The summed E-state index contributed by atoms with van der Waals surface area (Å²) in [5, 5.41) is 3.34. The van der Waals surface area contributed by atoms with Gasteiger partial charge in [-0.1, -0.05) is 6.92 Å². The van der Waals surface area contributed by atoms with E-state index in [1.165, 1.54) is 17.1 Å². The maximum Gasteiger partial charge on any atom is 0.246 e. The molecule has 5 nitrogen and oxygen atoms in total. The fourth-order valence-electron chi connectivity index (χ4n) is 2.65. The highest BCUT2D eigenvalue weighted by Crippen LogP contribution is 2.39. The Morgan fingerprint density at radius 2 is 2.10 bits per heavy atom. The predicted octanol–water partition coefficient (Wildman–Crippen LogP) is 2.12. The van der Waals surface area contributed by atoms with Gasteiger partial charge in [-0.05, 0) is 38.0 Å². The number of aryl methyl sites for hydroxylation is 1. The van der Waals surface area contributed by atoms with Crippen LogP contribution in [0, 0.1) is 18.8 Å². The van der Waals surface area contributed by atoms with Crippen molar-refractivity contribution in [2.75, 3.05) is 13.6 Å². The summed E-state index contributed by atoms with van der Waals surface area (Å²) >= 11 is 0. The third-order valence-corrected chi connectivity index (χ3v) is 6.45. The number of furan rings is 1. The van der Waals surface area contributed by atoms with Crippen molar-refractivity contribution >= 4 is 10.0 Å². The number of hydrogen-bond donors (Lipinski definition) is 1. The molecule has 0 spiro atoms. The normalized spacial score (nSPS) is 25.5. The van der Waals surface area contributed by atoms with Gasteiger partial charge in [0.2, 0.25) is 10.0 Å². The molecule has 3 rings (SSSR count). The molecule has 118 valence electrons. The van der Waals surface area contributed by atoms with Crippen molar-refractivity contribution in [3.8, 4) is 0 Å². The summed E-state index contributed by atoms with van der Waals surface area (Å²) in [6.45, 7) is 5.09. The lowest BCUT2D eigenvalue weighted by atomic mass is 10.3. The molecule has 1 aromatic heterocycles. The SMILES string of the molecule is Cc1oc(CNC2CC2)cc1S(=O)(=O)N(C)CC1CC1C. The topological polar surface area (TPSA) is 62.6 Å². The van der Waals surface area contributed by atoms with Crippen LogP contribution in [0.4, 0.5) is 0 Å². The molecule has 1 heterocycles. The van der Waals surface area contributed by atoms with Gasteiger partial charge >= 0.3 is 0 Å². The molecular formula is C15H24N2O3S. The molecule has 0 aromatic carbocycles. The van der Waals surface area contributed by atoms with Crippen molar-refractivity contribution in [2.24, 2.45) is 11.8 Å². The molecule has 6 heteroatoms. The Kier molecular flexibility index (Phi) is 3.88. The number of sulfonamides is 1. The lowest BCUT2D eigenvalue weighted by Gasteiger charge is -2.16. The Bertz CT molecular complexity index is 619. The third kappa shape index (κ3) is 3.33. The van der Waals surface area contributed by atoms with Gasteiger partial charge in [0, 0.05) is 25.7 Å². The van der Waals surface area contributed by atoms with Gasteiger partial charge in [0.05, 0.1) is 6.54 Å².